The molecule has 3 fully saturated rings. The lowest BCUT2D eigenvalue weighted by atomic mass is 10.1. The van der Waals surface area contributed by atoms with Gasteiger partial charge in [-0.3, -0.25) is 30.2 Å². The van der Waals surface area contributed by atoms with Crippen molar-refractivity contribution in [1.82, 2.24) is 20.0 Å². The molecule has 0 radical (unpaired) electrons. The number of amides is 2. The number of esters is 1. The number of nitrogens with zero attached hydrogens (tertiary/aromatic N) is 4. The minimum absolute atomic E-state index is 0.0574. The first-order chi connectivity index (χ1) is 18.7. The van der Waals surface area contributed by atoms with E-state index >= 15 is 0 Å². The quantitative estimate of drug-likeness (QED) is 0.218. The highest BCUT2D eigenvalue weighted by Crippen LogP contribution is 2.23. The summed E-state index contributed by atoms with van der Waals surface area (Å²) in [5.41, 5.74) is 1.18. The lowest BCUT2D eigenvalue weighted by Crippen LogP contribution is -2.50. The van der Waals surface area contributed by atoms with Crippen molar-refractivity contribution >= 4 is 29.7 Å². The third-order valence-electron chi connectivity index (χ3n) is 7.15. The zero-order valence-corrected chi connectivity index (χ0v) is 23.1. The van der Waals surface area contributed by atoms with Gasteiger partial charge in [-0.2, -0.15) is 0 Å². The zero-order chi connectivity index (χ0) is 27.9. The Morgan fingerprint density at radius 2 is 1.69 bits per heavy atom. The van der Waals surface area contributed by atoms with Gasteiger partial charge in [-0.05, 0) is 58.0 Å². The van der Waals surface area contributed by atoms with Crippen LogP contribution in [0.2, 0.25) is 0 Å². The summed E-state index contributed by atoms with van der Waals surface area (Å²) in [5.74, 6) is -0.263. The molecule has 1 aromatic carbocycles. The maximum atomic E-state index is 12.6. The van der Waals surface area contributed by atoms with Crippen LogP contribution in [-0.2, 0) is 19.0 Å². The molecule has 2 amide bonds. The largest absolute Gasteiger partial charge is 0.462 e. The second kappa shape index (κ2) is 13.2. The summed E-state index contributed by atoms with van der Waals surface area (Å²) in [6.45, 7) is 9.86. The fourth-order valence-electron chi connectivity index (χ4n) is 4.99. The Kier molecular flexibility index (Phi) is 9.76. The molecule has 3 aliphatic rings. The summed E-state index contributed by atoms with van der Waals surface area (Å²) in [4.78, 5) is 44.8. The number of hydrogen-bond donors (Lipinski definition) is 2. The Morgan fingerprint density at radius 3 is 2.33 bits per heavy atom. The minimum Gasteiger partial charge on any atom is -0.462 e. The molecule has 12 nitrogen and oxygen atoms in total. The first-order valence-corrected chi connectivity index (χ1v) is 13.6. The molecule has 3 saturated heterocycles. The Balaban J connectivity index is 1.20. The van der Waals surface area contributed by atoms with Crippen LogP contribution in [0.15, 0.2) is 24.3 Å². The molecule has 12 heteroatoms. The van der Waals surface area contributed by atoms with Crippen LogP contribution in [0.1, 0.15) is 32.3 Å². The molecule has 214 valence electrons. The van der Waals surface area contributed by atoms with E-state index in [-0.39, 0.29) is 30.1 Å². The Hall–Kier alpha value is -3.22. The number of nitrogens with one attached hydrogen (secondary N) is 2. The number of alkyl carbamates (subject to hydrolysis) is 1. The van der Waals surface area contributed by atoms with E-state index in [0.717, 1.165) is 52.1 Å². The number of piperazine rings is 1. The van der Waals surface area contributed by atoms with Crippen molar-refractivity contribution in [3.05, 3.63) is 29.8 Å². The molecule has 1 atom stereocenters. The lowest BCUT2D eigenvalue weighted by Gasteiger charge is -2.34. The molecule has 4 rings (SSSR count). The number of amidine groups is 1. The number of hydrogen-bond acceptors (Lipinski definition) is 10. The molecule has 3 aliphatic heterocycles. The van der Waals surface area contributed by atoms with Gasteiger partial charge >= 0.3 is 18.2 Å². The van der Waals surface area contributed by atoms with E-state index < -0.39 is 12.2 Å². The van der Waals surface area contributed by atoms with E-state index in [2.05, 4.69) is 20.0 Å². The van der Waals surface area contributed by atoms with E-state index in [4.69, 9.17) is 19.6 Å². The van der Waals surface area contributed by atoms with Crippen molar-refractivity contribution in [1.29, 1.82) is 5.41 Å². The monoisotopic (exact) mass is 544 g/mol. The number of cyclic esters (lactones) is 1. The van der Waals surface area contributed by atoms with E-state index in [1.54, 1.807) is 29.2 Å². The molecular weight excluding hydrogens is 504 g/mol. The third-order valence-corrected chi connectivity index (χ3v) is 7.15. The van der Waals surface area contributed by atoms with Gasteiger partial charge in [0.05, 0.1) is 19.2 Å². The summed E-state index contributed by atoms with van der Waals surface area (Å²) in [6.07, 6.45) is 0.0236. The molecule has 2 N–H and O–H groups in total. The highest BCUT2D eigenvalue weighted by molar-refractivity contribution is 6.04. The smallest absolute Gasteiger partial charge is 0.414 e. The van der Waals surface area contributed by atoms with Crippen molar-refractivity contribution in [3.63, 3.8) is 0 Å². The molecular formula is C27H40N6O6. The average molecular weight is 545 g/mol. The van der Waals surface area contributed by atoms with Crippen LogP contribution in [0, 0.1) is 5.41 Å². The van der Waals surface area contributed by atoms with E-state index in [9.17, 15) is 14.4 Å². The van der Waals surface area contributed by atoms with Gasteiger partial charge < -0.3 is 19.1 Å². The predicted octanol–water partition coefficient (Wildman–Crippen LogP) is 1.73. The molecule has 0 bridgehead atoms. The highest BCUT2D eigenvalue weighted by atomic mass is 16.6. The summed E-state index contributed by atoms with van der Waals surface area (Å²) in [7, 11) is 2.04. The number of anilines is 1. The maximum Gasteiger partial charge on any atom is 0.414 e. The standard InChI is InChI=1S/C27H40N6O6/c1-19(2)37-24(34)18-32-14-12-31(13-15-32)16-23-17-33(27(36)39-23)21-6-4-20(5-7-21)25(28)29-26(35)38-22-8-10-30(3)11-9-22/h4-7,19,22-23H,8-18H2,1-3H3,(H2,28,29,35). The van der Waals surface area contributed by atoms with Crippen LogP contribution in [0.5, 0.6) is 0 Å². The topological polar surface area (TPSA) is 128 Å². The lowest BCUT2D eigenvalue weighted by molar-refractivity contribution is -0.149. The third kappa shape index (κ3) is 8.38. The number of rotatable bonds is 8. The van der Waals surface area contributed by atoms with Crippen LogP contribution in [0.25, 0.3) is 0 Å². The molecule has 1 unspecified atom stereocenters. The number of benzene rings is 1. The summed E-state index contributed by atoms with van der Waals surface area (Å²) >= 11 is 0. The molecule has 1 aromatic rings. The van der Waals surface area contributed by atoms with Gasteiger partial charge in [0.15, 0.2) is 0 Å². The number of likely N-dealkylation sites (tertiary alicyclic amines) is 1. The van der Waals surface area contributed by atoms with Gasteiger partial charge in [-0.25, -0.2) is 9.59 Å². The van der Waals surface area contributed by atoms with Crippen LogP contribution in [0.3, 0.4) is 0 Å². The molecule has 0 saturated carbocycles. The van der Waals surface area contributed by atoms with Crippen LogP contribution < -0.4 is 10.2 Å². The van der Waals surface area contributed by atoms with Crippen molar-refractivity contribution in [3.8, 4) is 0 Å². The van der Waals surface area contributed by atoms with Crippen LogP contribution >= 0.6 is 0 Å². The minimum atomic E-state index is -0.624. The van der Waals surface area contributed by atoms with E-state index in [0.29, 0.717) is 30.9 Å². The Labute approximate surface area is 229 Å². The number of carbonyl (C=O) groups is 3. The summed E-state index contributed by atoms with van der Waals surface area (Å²) < 4.78 is 16.3. The van der Waals surface area contributed by atoms with Crippen molar-refractivity contribution < 1.29 is 28.6 Å². The van der Waals surface area contributed by atoms with Gasteiger partial charge in [-0.15, -0.1) is 0 Å². The Bertz CT molecular complexity index is 1020. The van der Waals surface area contributed by atoms with Gasteiger partial charge in [-0.1, -0.05) is 0 Å². The Morgan fingerprint density at radius 1 is 1.05 bits per heavy atom. The maximum absolute atomic E-state index is 12.6. The van der Waals surface area contributed by atoms with Gasteiger partial charge in [0.2, 0.25) is 0 Å². The van der Waals surface area contributed by atoms with Crippen molar-refractivity contribution in [2.75, 3.05) is 70.9 Å². The van der Waals surface area contributed by atoms with Crippen molar-refractivity contribution in [2.24, 2.45) is 0 Å². The fraction of sp³-hybridized carbons (Fsp3) is 0.630. The summed E-state index contributed by atoms with van der Waals surface area (Å²) in [5, 5.41) is 10.7. The first kappa shape index (κ1) is 28.8. The second-order valence-electron chi connectivity index (χ2n) is 10.7. The average Bonchev–Trinajstić information content (AvgIpc) is 3.25. The van der Waals surface area contributed by atoms with Crippen molar-refractivity contribution in [2.45, 2.75) is 45.0 Å². The van der Waals surface area contributed by atoms with Gasteiger partial charge in [0, 0.05) is 57.1 Å². The zero-order valence-electron chi connectivity index (χ0n) is 23.1. The van der Waals surface area contributed by atoms with Crippen LogP contribution in [0.4, 0.5) is 15.3 Å². The normalized spacial score (nSPS) is 21.6. The van der Waals surface area contributed by atoms with Gasteiger partial charge in [0.25, 0.3) is 0 Å². The number of piperidine rings is 1. The van der Waals surface area contributed by atoms with E-state index in [1.165, 1.54) is 0 Å². The molecule has 39 heavy (non-hydrogen) atoms. The number of ether oxygens (including phenoxy) is 3. The highest BCUT2D eigenvalue weighted by Gasteiger charge is 2.34. The fourth-order valence-corrected chi connectivity index (χ4v) is 4.99. The summed E-state index contributed by atoms with van der Waals surface area (Å²) in [6, 6.07) is 6.87. The number of carbonyl (C=O) groups excluding carboxylic acids is 3. The van der Waals surface area contributed by atoms with Gasteiger partial charge in [0.1, 0.15) is 18.0 Å². The second-order valence-corrected chi connectivity index (χ2v) is 10.7. The SMILES string of the molecule is CC(C)OC(=O)CN1CCN(CC2CN(c3ccc(C(=N)NC(=O)OC4CCN(C)CC4)cc3)C(=O)O2)CC1. The molecule has 0 aromatic heterocycles. The first-order valence-electron chi connectivity index (χ1n) is 13.6. The molecule has 0 aliphatic carbocycles. The predicted molar refractivity (Wildman–Crippen MR) is 145 cm³/mol. The molecule has 3 heterocycles. The van der Waals surface area contributed by atoms with Crippen LogP contribution in [-0.4, -0.2) is 123 Å². The van der Waals surface area contributed by atoms with E-state index in [1.807, 2.05) is 20.9 Å². The molecule has 0 spiro atoms.